The van der Waals surface area contributed by atoms with Gasteiger partial charge in [-0.25, -0.2) is 0 Å². The standard InChI is InChI=1S/C12H15N5O/c1-7-6-9(4-5-14-7)15-12(18)11-10(13)8(2)16-17(11)3/h4-6H,13H2,1-3H3,(H,14,15,18). The highest BCUT2D eigenvalue weighted by molar-refractivity contribution is 6.06. The molecule has 6 nitrogen and oxygen atoms in total. The van der Waals surface area contributed by atoms with Crippen LogP contribution in [-0.4, -0.2) is 20.7 Å². The number of carbonyl (C=O) groups excluding carboxylic acids is 1. The lowest BCUT2D eigenvalue weighted by Gasteiger charge is -2.06. The van der Waals surface area contributed by atoms with Gasteiger partial charge < -0.3 is 11.1 Å². The molecule has 0 aliphatic rings. The molecule has 0 unspecified atom stereocenters. The number of nitrogens with zero attached hydrogens (tertiary/aromatic N) is 3. The zero-order valence-corrected chi connectivity index (χ0v) is 10.6. The van der Waals surface area contributed by atoms with Crippen molar-refractivity contribution in [2.75, 3.05) is 11.1 Å². The highest BCUT2D eigenvalue weighted by Crippen LogP contribution is 2.17. The average Bonchev–Trinajstić information content (AvgIpc) is 2.53. The van der Waals surface area contributed by atoms with E-state index in [2.05, 4.69) is 15.4 Å². The Morgan fingerprint density at radius 3 is 2.72 bits per heavy atom. The highest BCUT2D eigenvalue weighted by Gasteiger charge is 2.17. The molecule has 2 rings (SSSR count). The summed E-state index contributed by atoms with van der Waals surface area (Å²) in [5.74, 6) is -0.277. The van der Waals surface area contributed by atoms with Gasteiger partial charge in [0, 0.05) is 24.6 Å². The molecule has 6 heteroatoms. The molecule has 0 saturated carbocycles. The van der Waals surface area contributed by atoms with E-state index in [1.807, 2.05) is 6.92 Å². The van der Waals surface area contributed by atoms with Crippen LogP contribution in [0.3, 0.4) is 0 Å². The Balaban J connectivity index is 2.27. The van der Waals surface area contributed by atoms with Gasteiger partial charge in [0.1, 0.15) is 5.69 Å². The molecule has 1 amide bonds. The van der Waals surface area contributed by atoms with Crippen molar-refractivity contribution >= 4 is 17.3 Å². The normalized spacial score (nSPS) is 10.4. The number of pyridine rings is 1. The molecule has 94 valence electrons. The number of hydrogen-bond acceptors (Lipinski definition) is 4. The van der Waals surface area contributed by atoms with Gasteiger partial charge in [-0.3, -0.25) is 14.5 Å². The number of rotatable bonds is 2. The predicted octanol–water partition coefficient (Wildman–Crippen LogP) is 1.27. The zero-order chi connectivity index (χ0) is 13.3. The summed E-state index contributed by atoms with van der Waals surface area (Å²) in [7, 11) is 1.69. The Morgan fingerprint density at radius 1 is 1.44 bits per heavy atom. The van der Waals surface area contributed by atoms with E-state index in [-0.39, 0.29) is 5.91 Å². The van der Waals surface area contributed by atoms with E-state index >= 15 is 0 Å². The van der Waals surface area contributed by atoms with Crippen molar-refractivity contribution in [1.82, 2.24) is 14.8 Å². The Morgan fingerprint density at radius 2 is 2.17 bits per heavy atom. The van der Waals surface area contributed by atoms with Crippen molar-refractivity contribution in [2.24, 2.45) is 7.05 Å². The van der Waals surface area contributed by atoms with Gasteiger partial charge in [-0.15, -0.1) is 0 Å². The second kappa shape index (κ2) is 4.48. The molecule has 2 heterocycles. The summed E-state index contributed by atoms with van der Waals surface area (Å²) in [6, 6.07) is 3.52. The molecule has 0 bridgehead atoms. The number of nitrogens with two attached hydrogens (primary N) is 1. The summed E-state index contributed by atoms with van der Waals surface area (Å²) in [5, 5.41) is 6.88. The molecule has 0 spiro atoms. The van der Waals surface area contributed by atoms with Crippen molar-refractivity contribution < 1.29 is 4.79 Å². The summed E-state index contributed by atoms with van der Waals surface area (Å²) >= 11 is 0. The van der Waals surface area contributed by atoms with Crippen LogP contribution in [-0.2, 0) is 7.05 Å². The van der Waals surface area contributed by atoms with E-state index in [1.54, 1.807) is 32.3 Å². The lowest BCUT2D eigenvalue weighted by molar-refractivity contribution is 0.101. The summed E-state index contributed by atoms with van der Waals surface area (Å²) in [6.45, 7) is 3.63. The largest absolute Gasteiger partial charge is 0.395 e. The van der Waals surface area contributed by atoms with Crippen LogP contribution in [0.4, 0.5) is 11.4 Å². The number of carbonyl (C=O) groups is 1. The van der Waals surface area contributed by atoms with Crippen LogP contribution < -0.4 is 11.1 Å². The number of anilines is 2. The van der Waals surface area contributed by atoms with Gasteiger partial charge in [0.2, 0.25) is 0 Å². The highest BCUT2D eigenvalue weighted by atomic mass is 16.2. The SMILES string of the molecule is Cc1cc(NC(=O)c2c(N)c(C)nn2C)ccn1. The maximum Gasteiger partial charge on any atom is 0.276 e. The van der Waals surface area contributed by atoms with E-state index in [0.717, 1.165) is 5.69 Å². The summed E-state index contributed by atoms with van der Waals surface area (Å²) in [4.78, 5) is 16.2. The third-order valence-corrected chi connectivity index (χ3v) is 2.64. The van der Waals surface area contributed by atoms with E-state index in [9.17, 15) is 4.79 Å². The van der Waals surface area contributed by atoms with Crippen molar-refractivity contribution in [2.45, 2.75) is 13.8 Å². The number of aromatic nitrogens is 3. The van der Waals surface area contributed by atoms with Crippen molar-refractivity contribution in [3.63, 3.8) is 0 Å². The van der Waals surface area contributed by atoms with Crippen LogP contribution in [0.1, 0.15) is 21.9 Å². The Kier molecular flexibility index (Phi) is 3.01. The number of amides is 1. The minimum absolute atomic E-state index is 0.277. The fourth-order valence-corrected chi connectivity index (χ4v) is 1.76. The molecule has 18 heavy (non-hydrogen) atoms. The maximum atomic E-state index is 12.1. The Hall–Kier alpha value is -2.37. The van der Waals surface area contributed by atoms with Crippen LogP contribution in [0.5, 0.6) is 0 Å². The first-order chi connectivity index (χ1) is 8.49. The predicted molar refractivity (Wildman–Crippen MR) is 69.3 cm³/mol. The minimum atomic E-state index is -0.277. The Labute approximate surface area is 105 Å². The first-order valence-corrected chi connectivity index (χ1v) is 5.52. The molecule has 0 fully saturated rings. The molecule has 0 aliphatic heterocycles. The van der Waals surface area contributed by atoms with Crippen molar-refractivity contribution in [1.29, 1.82) is 0 Å². The fourth-order valence-electron chi connectivity index (χ4n) is 1.76. The fraction of sp³-hybridized carbons (Fsp3) is 0.250. The second-order valence-corrected chi connectivity index (χ2v) is 4.11. The Bertz CT molecular complexity index is 603. The van der Waals surface area contributed by atoms with Crippen LogP contribution in [0.15, 0.2) is 18.3 Å². The molecule has 0 radical (unpaired) electrons. The monoisotopic (exact) mass is 245 g/mol. The third kappa shape index (κ3) is 2.17. The smallest absolute Gasteiger partial charge is 0.276 e. The molecular formula is C12H15N5O. The van der Waals surface area contributed by atoms with E-state index < -0.39 is 0 Å². The minimum Gasteiger partial charge on any atom is -0.395 e. The molecule has 0 aromatic carbocycles. The summed E-state index contributed by atoms with van der Waals surface area (Å²) < 4.78 is 1.48. The van der Waals surface area contributed by atoms with Gasteiger partial charge >= 0.3 is 0 Å². The molecular weight excluding hydrogens is 230 g/mol. The van der Waals surface area contributed by atoms with Crippen molar-refractivity contribution in [3.05, 3.63) is 35.4 Å². The van der Waals surface area contributed by atoms with Crippen molar-refractivity contribution in [3.8, 4) is 0 Å². The average molecular weight is 245 g/mol. The van der Waals surface area contributed by atoms with Gasteiger partial charge in [-0.05, 0) is 26.0 Å². The van der Waals surface area contributed by atoms with E-state index in [0.29, 0.717) is 22.8 Å². The van der Waals surface area contributed by atoms with E-state index in [1.165, 1.54) is 4.68 Å². The number of hydrogen-bond donors (Lipinski definition) is 2. The summed E-state index contributed by atoms with van der Waals surface area (Å²) in [5.41, 5.74) is 8.77. The molecule has 2 aromatic rings. The first-order valence-electron chi connectivity index (χ1n) is 5.52. The molecule has 0 saturated heterocycles. The van der Waals surface area contributed by atoms with Gasteiger partial charge in [-0.2, -0.15) is 5.10 Å². The number of aryl methyl sites for hydroxylation is 3. The zero-order valence-electron chi connectivity index (χ0n) is 10.6. The number of nitrogens with one attached hydrogen (secondary N) is 1. The second-order valence-electron chi connectivity index (χ2n) is 4.11. The molecule has 0 aliphatic carbocycles. The first kappa shape index (κ1) is 12.1. The van der Waals surface area contributed by atoms with Gasteiger partial charge in [0.05, 0.1) is 11.4 Å². The lowest BCUT2D eigenvalue weighted by Crippen LogP contribution is -2.17. The quantitative estimate of drug-likeness (QED) is 0.834. The molecule has 3 N–H and O–H groups in total. The molecule has 2 aromatic heterocycles. The maximum absolute atomic E-state index is 12.1. The third-order valence-electron chi connectivity index (χ3n) is 2.64. The van der Waals surface area contributed by atoms with Gasteiger partial charge in [-0.1, -0.05) is 0 Å². The lowest BCUT2D eigenvalue weighted by atomic mass is 10.2. The van der Waals surface area contributed by atoms with Gasteiger partial charge in [0.25, 0.3) is 5.91 Å². The van der Waals surface area contributed by atoms with Crippen LogP contribution in [0.2, 0.25) is 0 Å². The number of nitrogen functional groups attached to an aromatic ring is 1. The topological polar surface area (TPSA) is 85.8 Å². The van der Waals surface area contributed by atoms with Crippen LogP contribution in [0.25, 0.3) is 0 Å². The van der Waals surface area contributed by atoms with Crippen LogP contribution >= 0.6 is 0 Å². The summed E-state index contributed by atoms with van der Waals surface area (Å²) in [6.07, 6.45) is 1.64. The van der Waals surface area contributed by atoms with E-state index in [4.69, 9.17) is 5.73 Å². The van der Waals surface area contributed by atoms with Gasteiger partial charge in [0.15, 0.2) is 0 Å². The van der Waals surface area contributed by atoms with Crippen LogP contribution in [0, 0.1) is 13.8 Å². The molecule has 0 atom stereocenters.